The number of benzene rings is 1. The van der Waals surface area contributed by atoms with E-state index in [1.807, 2.05) is 0 Å². The summed E-state index contributed by atoms with van der Waals surface area (Å²) in [6.07, 6.45) is 0.976. The lowest BCUT2D eigenvalue weighted by Gasteiger charge is -2.12. The average Bonchev–Trinajstić information content (AvgIpc) is 2.37. The quantitative estimate of drug-likeness (QED) is 0.392. The Hall–Kier alpha value is 0.0400. The van der Waals surface area contributed by atoms with Crippen LogP contribution in [-0.2, 0) is 0 Å². The number of halogens is 7. The summed E-state index contributed by atoms with van der Waals surface area (Å²) in [5.41, 5.74) is 0.367. The zero-order valence-corrected chi connectivity index (χ0v) is 13.3. The van der Waals surface area contributed by atoms with Crippen molar-refractivity contribution in [3.63, 3.8) is 0 Å². The zero-order valence-electron chi connectivity index (χ0n) is 8.75. The predicted molar refractivity (Wildman–Crippen MR) is 79.7 cm³/mol. The van der Waals surface area contributed by atoms with Crippen molar-refractivity contribution in [1.82, 2.24) is 4.98 Å². The Kier molecular flexibility index (Phi) is 4.71. The van der Waals surface area contributed by atoms with Crippen molar-refractivity contribution in [3.05, 3.63) is 48.2 Å². The van der Waals surface area contributed by atoms with Crippen LogP contribution >= 0.6 is 69.6 Å². The van der Waals surface area contributed by atoms with Gasteiger partial charge >= 0.3 is 0 Å². The summed E-state index contributed by atoms with van der Waals surface area (Å²) in [6, 6.07) is 1.08. The maximum absolute atomic E-state index is 13.0. The Labute approximate surface area is 138 Å². The molecule has 1 aromatic carbocycles. The summed E-state index contributed by atoms with van der Waals surface area (Å²) in [5, 5.41) is 0.188. The lowest BCUT2D eigenvalue weighted by atomic mass is 10.1. The first-order valence-electron chi connectivity index (χ1n) is 4.67. The minimum atomic E-state index is -0.591. The van der Waals surface area contributed by atoms with Gasteiger partial charge in [-0.3, -0.25) is 4.98 Å². The number of nitrogens with zero attached hydrogens (tertiary/aromatic N) is 1. The number of pyridine rings is 1. The molecule has 8 heteroatoms. The molecule has 0 radical (unpaired) electrons. The average molecular weight is 380 g/mol. The second-order valence-electron chi connectivity index (χ2n) is 3.43. The molecule has 0 amide bonds. The summed E-state index contributed by atoms with van der Waals surface area (Å²) in [6.45, 7) is 0. The van der Waals surface area contributed by atoms with Crippen molar-refractivity contribution in [2.24, 2.45) is 0 Å². The maximum atomic E-state index is 13.0. The molecule has 1 heterocycles. The van der Waals surface area contributed by atoms with Crippen LogP contribution in [0.1, 0.15) is 0 Å². The van der Waals surface area contributed by atoms with Gasteiger partial charge in [0, 0.05) is 5.56 Å². The normalized spacial score (nSPS) is 10.9. The van der Waals surface area contributed by atoms with Crippen LogP contribution in [0.25, 0.3) is 11.3 Å². The fraction of sp³-hybridized carbons (Fsp3) is 0. The molecular weight excluding hydrogens is 378 g/mol. The molecule has 19 heavy (non-hydrogen) atoms. The van der Waals surface area contributed by atoms with Crippen LogP contribution in [0.15, 0.2) is 12.3 Å². The van der Waals surface area contributed by atoms with Crippen molar-refractivity contribution in [3.8, 4) is 11.3 Å². The van der Waals surface area contributed by atoms with Gasteiger partial charge in [-0.25, -0.2) is 4.39 Å². The van der Waals surface area contributed by atoms with Gasteiger partial charge in [0.25, 0.3) is 0 Å². The lowest BCUT2D eigenvalue weighted by Crippen LogP contribution is -1.92. The van der Waals surface area contributed by atoms with Gasteiger partial charge in [-0.15, -0.1) is 0 Å². The fourth-order valence-electron chi connectivity index (χ4n) is 1.41. The summed E-state index contributed by atoms with van der Waals surface area (Å²) in [7, 11) is 0. The summed E-state index contributed by atoms with van der Waals surface area (Å²) in [4.78, 5) is 3.85. The lowest BCUT2D eigenvalue weighted by molar-refractivity contribution is 0.622. The van der Waals surface area contributed by atoms with E-state index in [-0.39, 0.29) is 41.4 Å². The first-order valence-corrected chi connectivity index (χ1v) is 6.94. The molecule has 2 rings (SSSR count). The molecule has 1 nitrogen and oxygen atoms in total. The van der Waals surface area contributed by atoms with Crippen LogP contribution < -0.4 is 0 Å². The van der Waals surface area contributed by atoms with E-state index in [1.54, 1.807) is 0 Å². The molecule has 0 saturated carbocycles. The third-order valence-corrected chi connectivity index (χ3v) is 4.82. The highest BCUT2D eigenvalue weighted by atomic mass is 35.5. The van der Waals surface area contributed by atoms with Crippen molar-refractivity contribution >= 4 is 69.6 Å². The van der Waals surface area contributed by atoms with E-state index in [4.69, 9.17) is 69.6 Å². The number of aromatic nitrogens is 1. The molecule has 0 saturated heterocycles. The predicted octanol–water partition coefficient (Wildman–Crippen LogP) is 6.81. The molecule has 0 atom stereocenters. The molecule has 0 bridgehead atoms. The van der Waals surface area contributed by atoms with E-state index in [9.17, 15) is 4.39 Å². The summed E-state index contributed by atoms with van der Waals surface area (Å²) in [5.74, 6) is -0.591. The third kappa shape index (κ3) is 2.76. The smallest absolute Gasteiger partial charge is 0.143 e. The second kappa shape index (κ2) is 5.80. The monoisotopic (exact) mass is 377 g/mol. The largest absolute Gasteiger partial charge is 0.252 e. The van der Waals surface area contributed by atoms with E-state index in [1.165, 1.54) is 0 Å². The Bertz CT molecular complexity index is 644. The number of rotatable bonds is 1. The molecular formula is C11H2Cl6FN. The number of hydrogen-bond acceptors (Lipinski definition) is 1. The Morgan fingerprint density at radius 1 is 0.789 bits per heavy atom. The fourth-order valence-corrected chi connectivity index (χ4v) is 2.98. The van der Waals surface area contributed by atoms with Gasteiger partial charge in [-0.05, 0) is 6.07 Å². The van der Waals surface area contributed by atoms with Crippen molar-refractivity contribution in [2.45, 2.75) is 0 Å². The molecule has 0 spiro atoms. The molecule has 0 aliphatic carbocycles. The minimum absolute atomic E-state index is 0.0231. The topological polar surface area (TPSA) is 12.9 Å². The Morgan fingerprint density at radius 2 is 1.26 bits per heavy atom. The summed E-state index contributed by atoms with van der Waals surface area (Å²) >= 11 is 35.8. The van der Waals surface area contributed by atoms with Crippen LogP contribution in [-0.4, -0.2) is 4.98 Å². The van der Waals surface area contributed by atoms with Gasteiger partial charge in [-0.2, -0.15) is 0 Å². The van der Waals surface area contributed by atoms with Crippen LogP contribution in [0, 0.1) is 5.82 Å². The van der Waals surface area contributed by atoms with Crippen molar-refractivity contribution in [1.29, 1.82) is 0 Å². The first-order chi connectivity index (χ1) is 8.84. The summed E-state index contributed by atoms with van der Waals surface area (Å²) < 4.78 is 13.0. The molecule has 0 N–H and O–H groups in total. The zero-order chi connectivity index (χ0) is 14.3. The van der Waals surface area contributed by atoms with Gasteiger partial charge < -0.3 is 0 Å². The van der Waals surface area contributed by atoms with E-state index in [0.717, 1.165) is 12.3 Å². The van der Waals surface area contributed by atoms with E-state index in [2.05, 4.69) is 4.98 Å². The van der Waals surface area contributed by atoms with Crippen LogP contribution in [0.2, 0.25) is 30.1 Å². The Balaban J connectivity index is 2.83. The van der Waals surface area contributed by atoms with Gasteiger partial charge in [0.1, 0.15) is 5.82 Å². The van der Waals surface area contributed by atoms with Crippen LogP contribution in [0.4, 0.5) is 4.39 Å². The van der Waals surface area contributed by atoms with E-state index in [0.29, 0.717) is 0 Å². The van der Waals surface area contributed by atoms with Crippen LogP contribution in [0.3, 0.4) is 0 Å². The highest BCUT2D eigenvalue weighted by Crippen LogP contribution is 2.48. The van der Waals surface area contributed by atoms with Crippen molar-refractivity contribution in [2.75, 3.05) is 0 Å². The highest BCUT2D eigenvalue weighted by Gasteiger charge is 2.22. The Morgan fingerprint density at radius 3 is 1.74 bits per heavy atom. The van der Waals surface area contributed by atoms with Crippen molar-refractivity contribution < 1.29 is 4.39 Å². The third-order valence-electron chi connectivity index (χ3n) is 2.25. The maximum Gasteiger partial charge on any atom is 0.143 e. The highest BCUT2D eigenvalue weighted by molar-refractivity contribution is 6.56. The SMILES string of the molecule is Fc1cnc(-c2c(Cl)c(Cl)c(Cl)c(Cl)c2Cl)c(Cl)c1. The molecule has 0 fully saturated rings. The molecule has 0 aliphatic heterocycles. The molecule has 2 aromatic rings. The van der Waals surface area contributed by atoms with Gasteiger partial charge in [-0.1, -0.05) is 69.6 Å². The van der Waals surface area contributed by atoms with Crippen LogP contribution in [0.5, 0.6) is 0 Å². The molecule has 0 aliphatic rings. The van der Waals surface area contributed by atoms with Gasteiger partial charge in [0.15, 0.2) is 0 Å². The first kappa shape index (κ1) is 15.4. The minimum Gasteiger partial charge on any atom is -0.252 e. The molecule has 100 valence electrons. The van der Waals surface area contributed by atoms with Gasteiger partial charge in [0.05, 0.1) is 42.0 Å². The second-order valence-corrected chi connectivity index (χ2v) is 5.73. The van der Waals surface area contributed by atoms with E-state index >= 15 is 0 Å². The van der Waals surface area contributed by atoms with Gasteiger partial charge in [0.2, 0.25) is 0 Å². The molecule has 1 aromatic heterocycles. The van der Waals surface area contributed by atoms with E-state index < -0.39 is 5.82 Å². The standard InChI is InChI=1S/C11H2Cl6FN/c12-4-1-3(18)2-19-11(4)5-6(13)8(15)10(17)9(16)7(5)14/h1-2H. The number of hydrogen-bond donors (Lipinski definition) is 0. The molecule has 0 unspecified atom stereocenters.